The average Bonchev–Trinajstić information content (AvgIpc) is 3.16. The molecule has 1 N–H and O–H groups in total. The second-order valence-corrected chi connectivity index (χ2v) is 8.19. The molecule has 1 saturated heterocycles. The van der Waals surface area contributed by atoms with Gasteiger partial charge in [0.05, 0.1) is 10.6 Å². The third-order valence-electron chi connectivity index (χ3n) is 5.02. The summed E-state index contributed by atoms with van der Waals surface area (Å²) in [4.78, 5) is 19.9. The Morgan fingerprint density at radius 2 is 1.56 bits per heavy atom. The predicted molar refractivity (Wildman–Crippen MR) is 134 cm³/mol. The Morgan fingerprint density at radius 3 is 2.22 bits per heavy atom. The molecule has 0 unspecified atom stereocenters. The number of nitrogens with one attached hydrogen (secondary N) is 1. The zero-order valence-corrected chi connectivity index (χ0v) is 18.9. The molecule has 5 nitrogen and oxygen atoms in total. The van der Waals surface area contributed by atoms with Crippen LogP contribution in [-0.4, -0.2) is 24.2 Å². The van der Waals surface area contributed by atoms with Crippen LogP contribution in [-0.2, 0) is 4.79 Å². The Labute approximate surface area is 192 Å². The summed E-state index contributed by atoms with van der Waals surface area (Å²) in [6, 6.07) is 25.3. The lowest BCUT2D eigenvalue weighted by Gasteiger charge is -2.20. The van der Waals surface area contributed by atoms with Crippen LogP contribution in [0, 0.1) is 0 Å². The fourth-order valence-electron chi connectivity index (χ4n) is 3.33. The van der Waals surface area contributed by atoms with Crippen molar-refractivity contribution in [2.45, 2.75) is 13.8 Å². The normalized spacial score (nSPS) is 15.8. The van der Waals surface area contributed by atoms with Crippen LogP contribution in [0.2, 0.25) is 0 Å². The number of nitrogens with zero attached hydrogens (tertiary/aromatic N) is 2. The van der Waals surface area contributed by atoms with E-state index in [0.29, 0.717) is 10.1 Å². The molecule has 1 aliphatic rings. The molecule has 4 rings (SSSR count). The number of thioether (sulfide) groups is 1. The summed E-state index contributed by atoms with van der Waals surface area (Å²) < 4.78 is 5.81. The van der Waals surface area contributed by atoms with E-state index in [0.717, 1.165) is 35.8 Å². The molecule has 6 heteroatoms. The Kier molecular flexibility index (Phi) is 6.92. The molecule has 162 valence electrons. The molecule has 3 aromatic rings. The van der Waals surface area contributed by atoms with Crippen LogP contribution >= 0.6 is 11.8 Å². The van der Waals surface area contributed by atoms with Crippen LogP contribution in [0.1, 0.15) is 19.4 Å². The van der Waals surface area contributed by atoms with Crippen LogP contribution in [0.4, 0.5) is 11.4 Å². The van der Waals surface area contributed by atoms with Crippen LogP contribution in [0.25, 0.3) is 6.08 Å². The molecule has 0 radical (unpaired) electrons. The maximum atomic E-state index is 12.4. The van der Waals surface area contributed by atoms with Crippen molar-refractivity contribution in [3.05, 3.63) is 89.3 Å². The topological polar surface area (TPSA) is 53.9 Å². The van der Waals surface area contributed by atoms with Crippen LogP contribution in [0.3, 0.4) is 0 Å². The van der Waals surface area contributed by atoms with Crippen molar-refractivity contribution >= 4 is 40.3 Å². The number of ether oxygens (including phenoxy) is 1. The fourth-order valence-corrected chi connectivity index (χ4v) is 4.17. The summed E-state index contributed by atoms with van der Waals surface area (Å²) in [6.45, 7) is 6.22. The van der Waals surface area contributed by atoms with E-state index in [1.54, 1.807) is 0 Å². The molecule has 1 amide bonds. The minimum atomic E-state index is -0.134. The lowest BCUT2D eigenvalue weighted by molar-refractivity contribution is -0.115. The van der Waals surface area contributed by atoms with E-state index >= 15 is 0 Å². The molecule has 0 saturated carbocycles. The van der Waals surface area contributed by atoms with E-state index in [1.807, 2.05) is 72.8 Å². The Balaban J connectivity index is 1.42. The van der Waals surface area contributed by atoms with Crippen molar-refractivity contribution < 1.29 is 9.53 Å². The highest BCUT2D eigenvalue weighted by Crippen LogP contribution is 2.30. The van der Waals surface area contributed by atoms with Crippen molar-refractivity contribution in [3.8, 4) is 11.5 Å². The lowest BCUT2D eigenvalue weighted by Crippen LogP contribution is -2.21. The van der Waals surface area contributed by atoms with Gasteiger partial charge < -0.3 is 15.0 Å². The Hall–Kier alpha value is -3.51. The van der Waals surface area contributed by atoms with Crippen molar-refractivity contribution in [2.75, 3.05) is 18.0 Å². The van der Waals surface area contributed by atoms with Crippen molar-refractivity contribution in [1.29, 1.82) is 0 Å². The predicted octanol–water partition coefficient (Wildman–Crippen LogP) is 6.22. The van der Waals surface area contributed by atoms with E-state index in [9.17, 15) is 4.79 Å². The summed E-state index contributed by atoms with van der Waals surface area (Å²) in [5, 5.41) is 3.41. The summed E-state index contributed by atoms with van der Waals surface area (Å²) in [5.41, 5.74) is 2.92. The second kappa shape index (κ2) is 10.2. The van der Waals surface area contributed by atoms with Crippen LogP contribution in [0.15, 0.2) is 88.8 Å². The number of anilines is 1. The minimum absolute atomic E-state index is 0.134. The molecule has 1 heterocycles. The first-order valence-electron chi connectivity index (χ1n) is 10.6. The number of hydrogen-bond donors (Lipinski definition) is 1. The third kappa shape index (κ3) is 5.39. The first-order valence-corrected chi connectivity index (χ1v) is 11.4. The number of para-hydroxylation sites is 1. The quantitative estimate of drug-likeness (QED) is 0.441. The molecule has 0 atom stereocenters. The van der Waals surface area contributed by atoms with Gasteiger partial charge in [0.2, 0.25) is 0 Å². The number of amidine groups is 1. The molecule has 0 aromatic heterocycles. The molecular formula is C26H25N3O2S. The highest BCUT2D eigenvalue weighted by molar-refractivity contribution is 8.18. The van der Waals surface area contributed by atoms with Gasteiger partial charge >= 0.3 is 0 Å². The van der Waals surface area contributed by atoms with Gasteiger partial charge in [0.15, 0.2) is 5.17 Å². The smallest absolute Gasteiger partial charge is 0.264 e. The summed E-state index contributed by atoms with van der Waals surface area (Å²) in [6.07, 6.45) is 1.89. The molecular weight excluding hydrogens is 418 g/mol. The Bertz CT molecular complexity index is 1120. The SMILES string of the molecule is CCN(CC)c1ccc(/C=C2/SC(=Nc3ccc(Oc4ccccc4)cc3)NC2=O)cc1. The first-order chi connectivity index (χ1) is 15.6. The zero-order chi connectivity index (χ0) is 22.3. The first kappa shape index (κ1) is 21.7. The van der Waals surface area contributed by atoms with E-state index in [-0.39, 0.29) is 5.91 Å². The van der Waals surface area contributed by atoms with E-state index in [1.165, 1.54) is 17.4 Å². The van der Waals surface area contributed by atoms with Crippen molar-refractivity contribution in [2.24, 2.45) is 4.99 Å². The number of carbonyl (C=O) groups excluding carboxylic acids is 1. The largest absolute Gasteiger partial charge is 0.457 e. The third-order valence-corrected chi connectivity index (χ3v) is 5.93. The van der Waals surface area contributed by atoms with Gasteiger partial charge in [-0.2, -0.15) is 0 Å². The Morgan fingerprint density at radius 1 is 0.906 bits per heavy atom. The molecule has 1 aliphatic heterocycles. The number of benzene rings is 3. The molecule has 0 spiro atoms. The monoisotopic (exact) mass is 443 g/mol. The molecule has 3 aromatic carbocycles. The maximum Gasteiger partial charge on any atom is 0.264 e. The minimum Gasteiger partial charge on any atom is -0.457 e. The maximum absolute atomic E-state index is 12.4. The van der Waals surface area contributed by atoms with Gasteiger partial charge in [0, 0.05) is 18.8 Å². The zero-order valence-electron chi connectivity index (χ0n) is 18.1. The summed E-state index contributed by atoms with van der Waals surface area (Å²) >= 11 is 1.34. The van der Waals surface area contributed by atoms with Crippen LogP contribution < -0.4 is 15.0 Å². The number of amides is 1. The number of rotatable bonds is 7. The number of carbonyl (C=O) groups is 1. The van der Waals surface area contributed by atoms with Crippen LogP contribution in [0.5, 0.6) is 11.5 Å². The standard InChI is InChI=1S/C26H25N3O2S/c1-3-29(4-2)21-14-10-19(11-15-21)18-24-25(30)28-26(32-24)27-20-12-16-23(17-13-20)31-22-8-6-5-7-9-22/h5-18H,3-4H2,1-2H3,(H,27,28,30)/b24-18+. The van der Waals surface area contributed by atoms with Gasteiger partial charge in [-0.1, -0.05) is 30.3 Å². The number of hydrogen-bond acceptors (Lipinski definition) is 5. The van der Waals surface area contributed by atoms with Crippen molar-refractivity contribution in [3.63, 3.8) is 0 Å². The highest BCUT2D eigenvalue weighted by Gasteiger charge is 2.23. The second-order valence-electron chi connectivity index (χ2n) is 7.15. The fraction of sp³-hybridized carbons (Fsp3) is 0.154. The number of aliphatic imine (C=N–C) groups is 1. The van der Waals surface area contributed by atoms with Gasteiger partial charge in [-0.25, -0.2) is 4.99 Å². The summed E-state index contributed by atoms with van der Waals surface area (Å²) in [7, 11) is 0. The van der Waals surface area contributed by atoms with E-state index < -0.39 is 0 Å². The van der Waals surface area contributed by atoms with Gasteiger partial charge in [-0.3, -0.25) is 4.79 Å². The highest BCUT2D eigenvalue weighted by atomic mass is 32.2. The lowest BCUT2D eigenvalue weighted by atomic mass is 10.2. The van der Waals surface area contributed by atoms with Crippen molar-refractivity contribution in [1.82, 2.24) is 5.32 Å². The molecule has 32 heavy (non-hydrogen) atoms. The summed E-state index contributed by atoms with van der Waals surface area (Å²) in [5.74, 6) is 1.38. The molecule has 0 bridgehead atoms. The van der Waals surface area contributed by atoms with Gasteiger partial charge in [-0.05, 0) is 85.8 Å². The average molecular weight is 444 g/mol. The molecule has 0 aliphatic carbocycles. The van der Waals surface area contributed by atoms with Gasteiger partial charge in [-0.15, -0.1) is 0 Å². The van der Waals surface area contributed by atoms with E-state index in [4.69, 9.17) is 4.74 Å². The van der Waals surface area contributed by atoms with E-state index in [2.05, 4.69) is 41.2 Å². The molecule has 1 fully saturated rings. The van der Waals surface area contributed by atoms with Gasteiger partial charge in [0.1, 0.15) is 11.5 Å². The van der Waals surface area contributed by atoms with Gasteiger partial charge in [0.25, 0.3) is 5.91 Å².